The van der Waals surface area contributed by atoms with Crippen LogP contribution in [0.15, 0.2) is 186 Å². The molecule has 0 amide bonds. The molecule has 56 heavy (non-hydrogen) atoms. The van der Waals surface area contributed by atoms with Crippen LogP contribution in [0.5, 0.6) is 0 Å². The molecule has 1 heteroatoms. The highest BCUT2D eigenvalue weighted by Crippen LogP contribution is 2.53. The predicted octanol–water partition coefficient (Wildman–Crippen LogP) is 15.5. The van der Waals surface area contributed by atoms with Gasteiger partial charge in [-0.05, 0) is 129 Å². The van der Waals surface area contributed by atoms with Crippen molar-refractivity contribution in [3.63, 3.8) is 0 Å². The van der Waals surface area contributed by atoms with Gasteiger partial charge in [0.25, 0.3) is 0 Å². The lowest BCUT2D eigenvalue weighted by atomic mass is 9.81. The van der Waals surface area contributed by atoms with Gasteiger partial charge in [0.2, 0.25) is 0 Å². The average Bonchev–Trinajstić information content (AvgIpc) is 3.74. The van der Waals surface area contributed by atoms with E-state index in [-0.39, 0.29) is 5.41 Å². The lowest BCUT2D eigenvalue weighted by Gasteiger charge is -2.22. The molecule has 0 aliphatic heterocycles. The third-order valence-corrected chi connectivity index (χ3v) is 12.6. The van der Waals surface area contributed by atoms with Gasteiger partial charge in [0.1, 0.15) is 11.2 Å². The molecule has 1 aromatic heterocycles. The second kappa shape index (κ2) is 11.5. The highest BCUT2D eigenvalue weighted by atomic mass is 16.3. The van der Waals surface area contributed by atoms with Crippen molar-refractivity contribution in [3.05, 3.63) is 193 Å². The van der Waals surface area contributed by atoms with Crippen molar-refractivity contribution in [2.45, 2.75) is 19.3 Å². The topological polar surface area (TPSA) is 13.1 Å². The van der Waals surface area contributed by atoms with Crippen LogP contribution in [-0.2, 0) is 5.41 Å². The van der Waals surface area contributed by atoms with E-state index in [9.17, 15) is 0 Å². The maximum atomic E-state index is 6.31. The third-order valence-electron chi connectivity index (χ3n) is 12.6. The molecule has 0 atom stereocenters. The Hall–Kier alpha value is -6.96. The first-order valence-corrected chi connectivity index (χ1v) is 19.6. The minimum absolute atomic E-state index is 0.115. The summed E-state index contributed by atoms with van der Waals surface area (Å²) in [5, 5.41) is 12.5. The number of rotatable bonds is 3. The summed E-state index contributed by atoms with van der Waals surface area (Å²) in [7, 11) is 0. The highest BCUT2D eigenvalue weighted by molar-refractivity contribution is 6.24. The van der Waals surface area contributed by atoms with Crippen LogP contribution in [0.2, 0.25) is 0 Å². The van der Waals surface area contributed by atoms with E-state index in [0.29, 0.717) is 0 Å². The highest BCUT2D eigenvalue weighted by Gasteiger charge is 2.37. The van der Waals surface area contributed by atoms with Crippen LogP contribution in [0.25, 0.3) is 110 Å². The van der Waals surface area contributed by atoms with Crippen LogP contribution in [0.4, 0.5) is 0 Å². The van der Waals surface area contributed by atoms with Crippen molar-refractivity contribution in [1.29, 1.82) is 0 Å². The molecule has 12 rings (SSSR count). The molecule has 0 radical (unpaired) electrons. The van der Waals surface area contributed by atoms with E-state index in [2.05, 4.69) is 190 Å². The molecule has 0 unspecified atom stereocenters. The van der Waals surface area contributed by atoms with Gasteiger partial charge in [-0.2, -0.15) is 0 Å². The van der Waals surface area contributed by atoms with E-state index in [1.54, 1.807) is 0 Å². The van der Waals surface area contributed by atoms with Gasteiger partial charge in [0.05, 0.1) is 0 Å². The summed E-state index contributed by atoms with van der Waals surface area (Å²) in [6.45, 7) is 4.74. The maximum Gasteiger partial charge on any atom is 0.136 e. The molecule has 0 N–H and O–H groups in total. The molecular weight excluding hydrogens is 677 g/mol. The molecule has 11 aromatic rings. The number of fused-ring (bicyclic) bond motifs is 12. The van der Waals surface area contributed by atoms with E-state index < -0.39 is 0 Å². The zero-order valence-corrected chi connectivity index (χ0v) is 31.2. The van der Waals surface area contributed by atoms with E-state index >= 15 is 0 Å². The first-order valence-electron chi connectivity index (χ1n) is 19.6. The van der Waals surface area contributed by atoms with Crippen molar-refractivity contribution in [3.8, 4) is 44.5 Å². The molecule has 262 valence electrons. The predicted molar refractivity (Wildman–Crippen MR) is 238 cm³/mol. The standard InChI is InChI=1S/C55H36O/c1-55(2)47-28-25-35(32-46(47)53-43-27-30-50-54(44(43)26-29-48(53)55)45-22-9-10-24-49(45)56-50)34-15-11-16-36(31-34)51-39-18-5-7-20-41(39)52(42-21-8-6-19-40(42)51)38-23-12-14-33-13-3-4-17-37(33)38/h3-32H,1-2H3. The molecule has 1 heterocycles. The van der Waals surface area contributed by atoms with Crippen LogP contribution < -0.4 is 0 Å². The minimum Gasteiger partial charge on any atom is -0.456 e. The summed E-state index contributed by atoms with van der Waals surface area (Å²) in [6.07, 6.45) is 0. The quantitative estimate of drug-likeness (QED) is 0.166. The van der Waals surface area contributed by atoms with Crippen LogP contribution >= 0.6 is 0 Å². The number of para-hydroxylation sites is 1. The molecule has 0 bridgehead atoms. The molecular formula is C55H36O. The van der Waals surface area contributed by atoms with Crippen LogP contribution in [-0.4, -0.2) is 0 Å². The Bertz CT molecular complexity index is 3390. The fourth-order valence-corrected chi connectivity index (χ4v) is 10.1. The maximum absolute atomic E-state index is 6.31. The Morgan fingerprint density at radius 3 is 1.70 bits per heavy atom. The molecule has 0 fully saturated rings. The van der Waals surface area contributed by atoms with Crippen molar-refractivity contribution >= 4 is 65.0 Å². The first-order chi connectivity index (χ1) is 27.5. The minimum atomic E-state index is -0.115. The van der Waals surface area contributed by atoms with Gasteiger partial charge in [-0.1, -0.05) is 166 Å². The summed E-state index contributed by atoms with van der Waals surface area (Å²) in [4.78, 5) is 0. The Kier molecular flexibility index (Phi) is 6.46. The Morgan fingerprint density at radius 2 is 0.911 bits per heavy atom. The van der Waals surface area contributed by atoms with Gasteiger partial charge < -0.3 is 4.42 Å². The van der Waals surface area contributed by atoms with Crippen molar-refractivity contribution in [2.75, 3.05) is 0 Å². The van der Waals surface area contributed by atoms with Gasteiger partial charge in [0, 0.05) is 16.2 Å². The van der Waals surface area contributed by atoms with Gasteiger partial charge in [-0.25, -0.2) is 0 Å². The van der Waals surface area contributed by atoms with Crippen molar-refractivity contribution in [1.82, 2.24) is 0 Å². The van der Waals surface area contributed by atoms with Gasteiger partial charge in [-0.3, -0.25) is 0 Å². The summed E-state index contributed by atoms with van der Waals surface area (Å²) in [6, 6.07) is 67.2. The Labute approximate surface area is 325 Å². The second-order valence-corrected chi connectivity index (χ2v) is 16.0. The number of benzene rings is 10. The lowest BCUT2D eigenvalue weighted by Crippen LogP contribution is -2.14. The van der Waals surface area contributed by atoms with Gasteiger partial charge >= 0.3 is 0 Å². The first kappa shape index (κ1) is 31.4. The summed E-state index contributed by atoms with van der Waals surface area (Å²) >= 11 is 0. The Balaban J connectivity index is 1.06. The zero-order chi connectivity index (χ0) is 37.1. The molecule has 10 aromatic carbocycles. The fourth-order valence-electron chi connectivity index (χ4n) is 10.1. The van der Waals surface area contributed by atoms with Gasteiger partial charge in [-0.15, -0.1) is 0 Å². The lowest BCUT2D eigenvalue weighted by molar-refractivity contribution is 0.661. The third kappa shape index (κ3) is 4.31. The van der Waals surface area contributed by atoms with E-state index in [1.807, 2.05) is 6.07 Å². The normalized spacial score (nSPS) is 13.3. The number of hydrogen-bond acceptors (Lipinski definition) is 1. The van der Waals surface area contributed by atoms with Crippen molar-refractivity contribution < 1.29 is 4.42 Å². The van der Waals surface area contributed by atoms with E-state index in [4.69, 9.17) is 4.42 Å². The van der Waals surface area contributed by atoms with E-state index in [0.717, 1.165) is 11.2 Å². The average molecular weight is 713 g/mol. The number of hydrogen-bond donors (Lipinski definition) is 0. The SMILES string of the molecule is CC1(C)c2ccc(-c3cccc(-c4c5ccccc5c(-c5cccc6ccccc56)c5ccccc45)c3)cc2-c2c1ccc1c2ccc2oc3ccccc3c21. The van der Waals surface area contributed by atoms with E-state index in [1.165, 1.54) is 109 Å². The Morgan fingerprint density at radius 1 is 0.339 bits per heavy atom. The molecule has 1 nitrogen and oxygen atoms in total. The second-order valence-electron chi connectivity index (χ2n) is 16.0. The molecule has 0 saturated carbocycles. The van der Waals surface area contributed by atoms with Crippen molar-refractivity contribution in [2.24, 2.45) is 0 Å². The molecule has 1 aliphatic rings. The summed E-state index contributed by atoms with van der Waals surface area (Å²) in [5.74, 6) is 0. The molecule has 0 spiro atoms. The fraction of sp³-hybridized carbons (Fsp3) is 0.0545. The van der Waals surface area contributed by atoms with Crippen LogP contribution in [0, 0.1) is 0 Å². The monoisotopic (exact) mass is 712 g/mol. The van der Waals surface area contributed by atoms with Gasteiger partial charge in [0.15, 0.2) is 0 Å². The smallest absolute Gasteiger partial charge is 0.136 e. The summed E-state index contributed by atoms with van der Waals surface area (Å²) < 4.78 is 6.31. The molecule has 0 saturated heterocycles. The largest absolute Gasteiger partial charge is 0.456 e. The van der Waals surface area contributed by atoms with Crippen LogP contribution in [0.3, 0.4) is 0 Å². The molecule has 1 aliphatic carbocycles. The summed E-state index contributed by atoms with van der Waals surface area (Å²) in [5.41, 5.74) is 14.7. The van der Waals surface area contributed by atoms with Crippen LogP contribution in [0.1, 0.15) is 25.0 Å². The zero-order valence-electron chi connectivity index (χ0n) is 31.2. The number of furan rings is 1.